The van der Waals surface area contributed by atoms with E-state index in [-0.39, 0.29) is 41.5 Å². The van der Waals surface area contributed by atoms with Gasteiger partial charge in [-0.15, -0.1) is 0 Å². The van der Waals surface area contributed by atoms with E-state index in [4.69, 9.17) is 5.41 Å². The van der Waals surface area contributed by atoms with E-state index in [1.54, 1.807) is 31.3 Å². The number of carbonyl (C=O) groups excluding carboxylic acids is 2. The number of nitrogens with zero attached hydrogens (tertiary/aromatic N) is 2. The molecule has 0 bridgehead atoms. The second kappa shape index (κ2) is 8.96. The number of sulfonamides is 1. The van der Waals surface area contributed by atoms with Crippen molar-refractivity contribution < 1.29 is 22.7 Å². The molecule has 3 rings (SSSR count). The Morgan fingerprint density at radius 2 is 2.00 bits per heavy atom. The predicted molar refractivity (Wildman–Crippen MR) is 115 cm³/mol. The molecule has 0 aromatic heterocycles. The summed E-state index contributed by atoms with van der Waals surface area (Å²) in [5, 5.41) is 11.2. The molecule has 1 aromatic carbocycles. The summed E-state index contributed by atoms with van der Waals surface area (Å²) in [6, 6.07) is 6.58. The van der Waals surface area contributed by atoms with Crippen LogP contribution in [0.5, 0.6) is 0 Å². The average Bonchev–Trinajstić information content (AvgIpc) is 2.76. The van der Waals surface area contributed by atoms with Gasteiger partial charge in [-0.2, -0.15) is 4.31 Å². The third-order valence-corrected chi connectivity index (χ3v) is 8.20. The molecule has 31 heavy (non-hydrogen) atoms. The van der Waals surface area contributed by atoms with Gasteiger partial charge >= 0.3 is 5.97 Å². The Kier molecular flexibility index (Phi) is 6.70. The molecular formula is C21H30N4O5S. The number of piperidine rings is 1. The number of hydrogen-bond donors (Lipinski definition) is 2. The first-order valence-electron chi connectivity index (χ1n) is 10.4. The number of amides is 1. The van der Waals surface area contributed by atoms with Gasteiger partial charge in [0.25, 0.3) is 0 Å². The molecule has 2 saturated heterocycles. The first-order chi connectivity index (χ1) is 14.6. The Morgan fingerprint density at radius 1 is 1.32 bits per heavy atom. The molecule has 0 radical (unpaired) electrons. The van der Waals surface area contributed by atoms with Crippen molar-refractivity contribution in [2.24, 2.45) is 5.92 Å². The molecule has 9 nitrogen and oxygen atoms in total. The lowest BCUT2D eigenvalue weighted by Gasteiger charge is -2.47. The van der Waals surface area contributed by atoms with Crippen LogP contribution >= 0.6 is 0 Å². The summed E-state index contributed by atoms with van der Waals surface area (Å²) >= 11 is 0. The maximum absolute atomic E-state index is 13.2. The minimum absolute atomic E-state index is 0.0428. The minimum atomic E-state index is -3.69. The lowest BCUT2D eigenvalue weighted by molar-refractivity contribution is -0.140. The molecule has 2 heterocycles. The smallest absolute Gasteiger partial charge is 0.305 e. The predicted octanol–water partition coefficient (Wildman–Crippen LogP) is 1.34. The van der Waals surface area contributed by atoms with Crippen molar-refractivity contribution in [1.29, 1.82) is 5.41 Å². The number of benzene rings is 1. The molecule has 2 aliphatic heterocycles. The van der Waals surface area contributed by atoms with Crippen LogP contribution in [0, 0.1) is 11.3 Å². The van der Waals surface area contributed by atoms with Gasteiger partial charge in [-0.05, 0) is 49.8 Å². The molecule has 2 aliphatic rings. The summed E-state index contributed by atoms with van der Waals surface area (Å²) in [4.78, 5) is 25.1. The highest BCUT2D eigenvalue weighted by molar-refractivity contribution is 7.89. The van der Waals surface area contributed by atoms with Crippen LogP contribution in [0.1, 0.15) is 38.2 Å². The van der Waals surface area contributed by atoms with Gasteiger partial charge in [0.15, 0.2) is 5.96 Å². The fourth-order valence-corrected chi connectivity index (χ4v) is 5.73. The normalized spacial score (nSPS) is 25.3. The maximum Gasteiger partial charge on any atom is 0.305 e. The van der Waals surface area contributed by atoms with Crippen LogP contribution in [0.25, 0.3) is 0 Å². The van der Waals surface area contributed by atoms with Crippen molar-refractivity contribution >= 4 is 27.9 Å². The summed E-state index contributed by atoms with van der Waals surface area (Å²) in [6.07, 6.45) is 2.42. The van der Waals surface area contributed by atoms with Crippen molar-refractivity contribution in [3.05, 3.63) is 29.8 Å². The van der Waals surface area contributed by atoms with Gasteiger partial charge in [0.05, 0.1) is 24.0 Å². The van der Waals surface area contributed by atoms with Gasteiger partial charge < -0.3 is 10.1 Å². The first-order valence-corrected chi connectivity index (χ1v) is 11.8. The second-order valence-electron chi connectivity index (χ2n) is 8.44. The third-order valence-electron chi connectivity index (χ3n) is 6.32. The monoisotopic (exact) mass is 450 g/mol. The Hall–Kier alpha value is -2.46. The molecule has 2 fully saturated rings. The Bertz CT molecular complexity index is 942. The maximum atomic E-state index is 13.2. The number of methoxy groups -OCH3 is 1. The molecule has 0 aliphatic carbocycles. The quantitative estimate of drug-likeness (QED) is 0.631. The number of hydrogen-bond acceptors (Lipinski definition) is 6. The number of carbonyl (C=O) groups is 2. The first kappa shape index (κ1) is 23.2. The van der Waals surface area contributed by atoms with E-state index in [0.29, 0.717) is 25.9 Å². The van der Waals surface area contributed by atoms with E-state index in [0.717, 1.165) is 12.0 Å². The molecule has 1 aromatic rings. The number of ether oxygens (including phenoxy) is 1. The Balaban J connectivity index is 1.72. The average molecular weight is 451 g/mol. The van der Waals surface area contributed by atoms with Crippen LogP contribution in [0.2, 0.25) is 0 Å². The molecule has 1 amide bonds. The number of nitrogens with one attached hydrogen (secondary N) is 2. The van der Waals surface area contributed by atoms with Gasteiger partial charge in [-0.1, -0.05) is 12.1 Å². The molecule has 0 spiro atoms. The van der Waals surface area contributed by atoms with Crippen LogP contribution in [-0.4, -0.2) is 68.2 Å². The van der Waals surface area contributed by atoms with Gasteiger partial charge in [0, 0.05) is 26.6 Å². The summed E-state index contributed by atoms with van der Waals surface area (Å²) in [5.41, 5.74) is 0.202. The number of esters is 1. The van der Waals surface area contributed by atoms with Crippen LogP contribution in [0.15, 0.2) is 29.2 Å². The number of aryl methyl sites for hydroxylation is 1. The molecule has 2 N–H and O–H groups in total. The SMILES string of the molecule is COC(=O)CCc1ccc(S(=O)(=O)N2CCCC([C@]3(C)CC(=O)N(C)C(=N)N3)C2)cc1. The number of rotatable bonds is 6. The highest BCUT2D eigenvalue weighted by Crippen LogP contribution is 2.34. The lowest BCUT2D eigenvalue weighted by Crippen LogP contribution is -2.65. The fourth-order valence-electron chi connectivity index (χ4n) is 4.21. The zero-order chi connectivity index (χ0) is 22.8. The number of guanidine groups is 1. The topological polar surface area (TPSA) is 120 Å². The van der Waals surface area contributed by atoms with Gasteiger partial charge in [-0.25, -0.2) is 8.42 Å². The Morgan fingerprint density at radius 3 is 2.61 bits per heavy atom. The van der Waals surface area contributed by atoms with E-state index >= 15 is 0 Å². The van der Waals surface area contributed by atoms with Crippen molar-refractivity contribution in [2.75, 3.05) is 27.2 Å². The summed E-state index contributed by atoms with van der Waals surface area (Å²) in [7, 11) is -0.789. The molecule has 10 heteroatoms. The molecule has 0 saturated carbocycles. The van der Waals surface area contributed by atoms with E-state index in [2.05, 4.69) is 10.1 Å². The van der Waals surface area contributed by atoms with Crippen LogP contribution in [0.3, 0.4) is 0 Å². The van der Waals surface area contributed by atoms with Crippen molar-refractivity contribution in [3.8, 4) is 0 Å². The van der Waals surface area contributed by atoms with Crippen LogP contribution in [0.4, 0.5) is 0 Å². The largest absolute Gasteiger partial charge is 0.469 e. The van der Waals surface area contributed by atoms with Gasteiger partial charge in [-0.3, -0.25) is 19.9 Å². The second-order valence-corrected chi connectivity index (χ2v) is 10.4. The third kappa shape index (κ3) is 4.90. The Labute approximate surface area is 183 Å². The van der Waals surface area contributed by atoms with Crippen molar-refractivity contribution in [1.82, 2.24) is 14.5 Å². The van der Waals surface area contributed by atoms with E-state index < -0.39 is 15.6 Å². The van der Waals surface area contributed by atoms with E-state index in [1.807, 2.05) is 6.92 Å². The zero-order valence-corrected chi connectivity index (χ0v) is 19.0. The molecule has 170 valence electrons. The standard InChI is InChI=1S/C21H30N4O5S/c1-21(13-18(26)24(2)20(22)23-21)16-5-4-12-25(14-16)31(28,29)17-9-6-15(7-10-17)8-11-19(27)30-3/h6-7,9-10,16H,4-5,8,11-14H2,1-3H3,(H2,22,23)/t16?,21-/m0/s1. The molecule has 1 unspecified atom stereocenters. The zero-order valence-electron chi connectivity index (χ0n) is 18.2. The summed E-state index contributed by atoms with van der Waals surface area (Å²) in [5.74, 6) is -0.498. The van der Waals surface area contributed by atoms with Crippen LogP contribution in [-0.2, 0) is 30.8 Å². The van der Waals surface area contributed by atoms with Gasteiger partial charge in [0.1, 0.15) is 0 Å². The van der Waals surface area contributed by atoms with Crippen molar-refractivity contribution in [3.63, 3.8) is 0 Å². The van der Waals surface area contributed by atoms with Gasteiger partial charge in [0.2, 0.25) is 15.9 Å². The molecular weight excluding hydrogens is 420 g/mol. The van der Waals surface area contributed by atoms with Crippen molar-refractivity contribution in [2.45, 2.75) is 49.5 Å². The van der Waals surface area contributed by atoms with E-state index in [9.17, 15) is 18.0 Å². The minimum Gasteiger partial charge on any atom is -0.469 e. The summed E-state index contributed by atoms with van der Waals surface area (Å²) in [6.45, 7) is 2.60. The highest BCUT2D eigenvalue weighted by atomic mass is 32.2. The lowest BCUT2D eigenvalue weighted by atomic mass is 9.77. The van der Waals surface area contributed by atoms with E-state index in [1.165, 1.54) is 16.3 Å². The fraction of sp³-hybridized carbons (Fsp3) is 0.571. The van der Waals surface area contributed by atoms with Crippen LogP contribution < -0.4 is 5.32 Å². The molecule has 2 atom stereocenters. The highest BCUT2D eigenvalue weighted by Gasteiger charge is 2.45. The summed E-state index contributed by atoms with van der Waals surface area (Å²) < 4.78 is 32.6.